The van der Waals surface area contributed by atoms with Gasteiger partial charge in [0.05, 0.1) is 16.6 Å². The Hall–Kier alpha value is -1.43. The Morgan fingerprint density at radius 3 is 2.69 bits per heavy atom. The Kier molecular flexibility index (Phi) is 8.07. The number of carbonyl (C=O) groups is 1. The van der Waals surface area contributed by atoms with Crippen LogP contribution in [0.3, 0.4) is 0 Å². The number of piperidine rings is 1. The number of nitrogens with one attached hydrogen (secondary N) is 2. The van der Waals surface area contributed by atoms with Crippen molar-refractivity contribution >= 4 is 29.7 Å². The highest BCUT2D eigenvalue weighted by atomic mass is 35.5. The lowest BCUT2D eigenvalue weighted by atomic mass is 9.93. The summed E-state index contributed by atoms with van der Waals surface area (Å²) in [5.41, 5.74) is 2.14. The zero-order chi connectivity index (χ0) is 17.6. The summed E-state index contributed by atoms with van der Waals surface area (Å²) < 4.78 is 0. The molecule has 1 saturated heterocycles. The molecule has 1 fully saturated rings. The fourth-order valence-corrected chi connectivity index (χ4v) is 4.47. The van der Waals surface area contributed by atoms with Crippen LogP contribution in [0.5, 0.6) is 0 Å². The zero-order valence-electron chi connectivity index (χ0n) is 15.5. The molecule has 0 aliphatic carbocycles. The molecule has 1 aromatic heterocycles. The number of rotatable bonds is 6. The molecule has 0 radical (unpaired) electrons. The first-order valence-electron chi connectivity index (χ1n) is 9.16. The predicted octanol–water partition coefficient (Wildman–Crippen LogP) is 4.50. The van der Waals surface area contributed by atoms with Crippen LogP contribution in [-0.2, 0) is 4.79 Å². The van der Waals surface area contributed by atoms with Crippen LogP contribution < -0.4 is 10.6 Å². The monoisotopic (exact) mass is 393 g/mol. The van der Waals surface area contributed by atoms with Crippen LogP contribution in [-0.4, -0.2) is 24.0 Å². The Morgan fingerprint density at radius 1 is 1.31 bits per heavy atom. The fraction of sp³-hybridized carbons (Fsp3) is 0.500. The van der Waals surface area contributed by atoms with Crippen molar-refractivity contribution in [1.29, 1.82) is 0 Å². The summed E-state index contributed by atoms with van der Waals surface area (Å²) in [6.07, 6.45) is 4.00. The molecule has 1 aliphatic rings. The molecular formula is C20H28ClN3OS. The average Bonchev–Trinajstić information content (AvgIpc) is 3.03. The number of halogens is 1. The van der Waals surface area contributed by atoms with Gasteiger partial charge >= 0.3 is 0 Å². The van der Waals surface area contributed by atoms with Crippen molar-refractivity contribution in [2.45, 2.75) is 45.6 Å². The number of benzene rings is 1. The number of carbonyl (C=O) groups excluding carboxylic acids is 1. The molecule has 2 heterocycles. The van der Waals surface area contributed by atoms with Crippen molar-refractivity contribution in [2.75, 3.05) is 13.1 Å². The van der Waals surface area contributed by atoms with Gasteiger partial charge in [0.15, 0.2) is 0 Å². The van der Waals surface area contributed by atoms with E-state index in [-0.39, 0.29) is 24.4 Å². The van der Waals surface area contributed by atoms with Crippen LogP contribution in [0.2, 0.25) is 0 Å². The first kappa shape index (κ1) is 20.9. The van der Waals surface area contributed by atoms with Crippen LogP contribution in [0, 0.1) is 12.8 Å². The minimum Gasteiger partial charge on any atom is -0.349 e. The summed E-state index contributed by atoms with van der Waals surface area (Å²) in [5.74, 6) is 0.845. The maximum Gasteiger partial charge on any atom is 0.220 e. The molecule has 3 rings (SSSR count). The minimum absolute atomic E-state index is 0. The molecule has 1 atom stereocenters. The molecule has 0 bridgehead atoms. The Morgan fingerprint density at radius 2 is 2.00 bits per heavy atom. The van der Waals surface area contributed by atoms with E-state index in [1.807, 2.05) is 25.1 Å². The summed E-state index contributed by atoms with van der Waals surface area (Å²) in [4.78, 5) is 18.2. The van der Waals surface area contributed by atoms with Crippen LogP contribution in [0.25, 0.3) is 10.6 Å². The van der Waals surface area contributed by atoms with E-state index in [4.69, 9.17) is 0 Å². The van der Waals surface area contributed by atoms with E-state index in [0.29, 0.717) is 12.3 Å². The number of nitrogens with zero attached hydrogens (tertiary/aromatic N) is 1. The smallest absolute Gasteiger partial charge is 0.220 e. The second kappa shape index (κ2) is 10.0. The van der Waals surface area contributed by atoms with E-state index < -0.39 is 0 Å². The molecule has 0 spiro atoms. The standard InChI is InChI=1S/C20H27N3OS.ClH/c1-14(22-18(24)9-8-16-10-12-21-13-11-16)19-15(2)23-20(25-19)17-6-4-3-5-7-17;/h3-7,14,16,21H,8-13H2,1-2H3,(H,22,24);1H. The molecule has 6 heteroatoms. The number of amides is 1. The Labute approximate surface area is 166 Å². The third-order valence-electron chi connectivity index (χ3n) is 4.86. The van der Waals surface area contributed by atoms with Gasteiger partial charge in [-0.3, -0.25) is 4.79 Å². The summed E-state index contributed by atoms with van der Waals surface area (Å²) >= 11 is 1.67. The predicted molar refractivity (Wildman–Crippen MR) is 111 cm³/mol. The molecule has 0 saturated carbocycles. The molecular weight excluding hydrogens is 366 g/mol. The number of hydrogen-bond donors (Lipinski definition) is 2. The van der Waals surface area contributed by atoms with Crippen molar-refractivity contribution in [3.63, 3.8) is 0 Å². The van der Waals surface area contributed by atoms with Gasteiger partial charge in [0.2, 0.25) is 5.91 Å². The van der Waals surface area contributed by atoms with Crippen molar-refractivity contribution in [3.8, 4) is 10.6 Å². The van der Waals surface area contributed by atoms with Crippen LogP contribution in [0.1, 0.15) is 49.2 Å². The Balaban J connectivity index is 0.00000243. The second-order valence-corrected chi connectivity index (χ2v) is 7.89. The van der Waals surface area contributed by atoms with Gasteiger partial charge in [0, 0.05) is 12.0 Å². The van der Waals surface area contributed by atoms with Gasteiger partial charge in [-0.1, -0.05) is 30.3 Å². The molecule has 2 N–H and O–H groups in total. The number of aryl methyl sites for hydroxylation is 1. The average molecular weight is 394 g/mol. The van der Waals surface area contributed by atoms with Crippen LogP contribution in [0.4, 0.5) is 0 Å². The highest BCUT2D eigenvalue weighted by molar-refractivity contribution is 7.15. The summed E-state index contributed by atoms with van der Waals surface area (Å²) in [6.45, 7) is 6.25. The van der Waals surface area contributed by atoms with Crippen LogP contribution in [0.15, 0.2) is 30.3 Å². The molecule has 1 aliphatic heterocycles. The van der Waals surface area contributed by atoms with Gasteiger partial charge in [-0.25, -0.2) is 4.98 Å². The van der Waals surface area contributed by atoms with Gasteiger partial charge < -0.3 is 10.6 Å². The van der Waals surface area contributed by atoms with E-state index in [9.17, 15) is 4.79 Å². The highest BCUT2D eigenvalue weighted by Gasteiger charge is 2.19. The topological polar surface area (TPSA) is 54.0 Å². The zero-order valence-corrected chi connectivity index (χ0v) is 17.1. The normalized spacial score (nSPS) is 15.9. The van der Waals surface area contributed by atoms with E-state index in [0.717, 1.165) is 40.7 Å². The van der Waals surface area contributed by atoms with Crippen molar-refractivity contribution in [1.82, 2.24) is 15.6 Å². The van der Waals surface area contributed by atoms with Gasteiger partial charge in [0.1, 0.15) is 5.01 Å². The fourth-order valence-electron chi connectivity index (χ4n) is 3.40. The third kappa shape index (κ3) is 5.53. The summed E-state index contributed by atoms with van der Waals surface area (Å²) in [5, 5.41) is 7.55. The summed E-state index contributed by atoms with van der Waals surface area (Å²) in [7, 11) is 0. The van der Waals surface area contributed by atoms with Crippen molar-refractivity contribution in [2.24, 2.45) is 5.92 Å². The third-order valence-corrected chi connectivity index (χ3v) is 6.25. The lowest BCUT2D eigenvalue weighted by Gasteiger charge is -2.22. The number of thiazole rings is 1. The molecule has 2 aromatic rings. The van der Waals surface area contributed by atoms with Gasteiger partial charge in [-0.05, 0) is 52.1 Å². The van der Waals surface area contributed by atoms with E-state index in [1.165, 1.54) is 12.8 Å². The first-order chi connectivity index (χ1) is 12.1. The quantitative estimate of drug-likeness (QED) is 0.759. The van der Waals surface area contributed by atoms with Crippen LogP contribution >= 0.6 is 23.7 Å². The molecule has 142 valence electrons. The van der Waals surface area contributed by atoms with E-state index in [2.05, 4.69) is 34.7 Å². The first-order valence-corrected chi connectivity index (χ1v) is 9.98. The Bertz CT molecular complexity index is 698. The van der Waals surface area contributed by atoms with Crippen molar-refractivity contribution in [3.05, 3.63) is 40.9 Å². The number of hydrogen-bond acceptors (Lipinski definition) is 4. The second-order valence-electron chi connectivity index (χ2n) is 6.86. The summed E-state index contributed by atoms with van der Waals surface area (Å²) in [6, 6.07) is 10.2. The lowest BCUT2D eigenvalue weighted by Crippen LogP contribution is -2.30. The molecule has 26 heavy (non-hydrogen) atoms. The maximum absolute atomic E-state index is 12.3. The molecule has 1 aromatic carbocycles. The van der Waals surface area contributed by atoms with Gasteiger partial charge in [-0.15, -0.1) is 23.7 Å². The number of aromatic nitrogens is 1. The van der Waals surface area contributed by atoms with E-state index in [1.54, 1.807) is 11.3 Å². The molecule has 1 amide bonds. The highest BCUT2D eigenvalue weighted by Crippen LogP contribution is 2.31. The van der Waals surface area contributed by atoms with Gasteiger partial charge in [0.25, 0.3) is 0 Å². The van der Waals surface area contributed by atoms with Crippen molar-refractivity contribution < 1.29 is 4.79 Å². The minimum atomic E-state index is 0. The van der Waals surface area contributed by atoms with Gasteiger partial charge in [-0.2, -0.15) is 0 Å². The maximum atomic E-state index is 12.3. The lowest BCUT2D eigenvalue weighted by molar-refractivity contribution is -0.122. The van der Waals surface area contributed by atoms with E-state index >= 15 is 0 Å². The molecule has 4 nitrogen and oxygen atoms in total. The largest absolute Gasteiger partial charge is 0.349 e. The molecule has 1 unspecified atom stereocenters. The SMILES string of the molecule is Cc1nc(-c2ccccc2)sc1C(C)NC(=O)CCC1CCNCC1.Cl.